The van der Waals surface area contributed by atoms with E-state index in [0.29, 0.717) is 11.8 Å². The number of hydrogen-bond donors (Lipinski definition) is 0. The zero-order chi connectivity index (χ0) is 15.6. The molecule has 23 heavy (non-hydrogen) atoms. The highest BCUT2D eigenvalue weighted by Crippen LogP contribution is 2.36. The Labute approximate surface area is 140 Å². The fourth-order valence-electron chi connectivity index (χ4n) is 3.40. The zero-order valence-electron chi connectivity index (χ0n) is 13.5. The molecule has 124 valence electrons. The molecule has 0 radical (unpaired) electrons. The van der Waals surface area contributed by atoms with Crippen molar-refractivity contribution in [3.8, 4) is 10.8 Å². The van der Waals surface area contributed by atoms with Gasteiger partial charge in [-0.05, 0) is 63.9 Å². The number of aromatic nitrogens is 2. The minimum atomic E-state index is 0.260. The fraction of sp³-hybridized carbons (Fsp3) is 0.647. The van der Waals surface area contributed by atoms with Crippen LogP contribution in [0, 0.1) is 5.92 Å². The lowest BCUT2D eigenvalue weighted by Gasteiger charge is -2.27. The topological polar surface area (TPSA) is 51.4 Å². The molecule has 4 rings (SSSR count). The minimum absolute atomic E-state index is 0.260. The van der Waals surface area contributed by atoms with Crippen LogP contribution in [-0.4, -0.2) is 41.8 Å². The average molecular weight is 333 g/mol. The molecular weight excluding hydrogens is 310 g/mol. The van der Waals surface area contributed by atoms with Gasteiger partial charge in [-0.15, -0.1) is 11.3 Å². The van der Waals surface area contributed by atoms with E-state index in [0.717, 1.165) is 36.6 Å². The van der Waals surface area contributed by atoms with Crippen LogP contribution in [0.1, 0.15) is 42.5 Å². The molecular formula is C17H23N3O2S. The van der Waals surface area contributed by atoms with Crippen LogP contribution in [0.15, 0.2) is 16.7 Å². The van der Waals surface area contributed by atoms with Crippen LogP contribution in [0.3, 0.4) is 0 Å². The number of piperidine rings is 1. The van der Waals surface area contributed by atoms with Crippen molar-refractivity contribution in [2.24, 2.45) is 5.92 Å². The lowest BCUT2D eigenvalue weighted by atomic mass is 9.94. The molecule has 2 fully saturated rings. The van der Waals surface area contributed by atoms with Crippen molar-refractivity contribution in [2.75, 3.05) is 26.7 Å². The molecule has 0 N–H and O–H groups in total. The van der Waals surface area contributed by atoms with Gasteiger partial charge in [0.05, 0.1) is 11.0 Å². The van der Waals surface area contributed by atoms with E-state index in [1.807, 2.05) is 0 Å². The number of hydrogen-bond acceptors (Lipinski definition) is 6. The van der Waals surface area contributed by atoms with Crippen LogP contribution < -0.4 is 0 Å². The van der Waals surface area contributed by atoms with Crippen molar-refractivity contribution in [3.05, 3.63) is 22.8 Å². The summed E-state index contributed by atoms with van der Waals surface area (Å²) in [7, 11) is 2.19. The van der Waals surface area contributed by atoms with Crippen LogP contribution in [0.4, 0.5) is 0 Å². The molecule has 4 heterocycles. The van der Waals surface area contributed by atoms with E-state index in [2.05, 4.69) is 34.2 Å². The Morgan fingerprint density at radius 3 is 2.91 bits per heavy atom. The fourth-order valence-corrected chi connectivity index (χ4v) is 4.42. The number of ether oxygens (including phenoxy) is 1. The standard InChI is InChI=1S/C17H23N3O2S/c1-20-8-6-12(7-9-20)11-16-18-17(22-19-16)15-5-4-14(23-15)13-3-2-10-21-13/h4-5,12-13H,2-3,6-11H2,1H3/t13-/m1/s1. The van der Waals surface area contributed by atoms with Gasteiger partial charge < -0.3 is 14.2 Å². The Morgan fingerprint density at radius 1 is 1.26 bits per heavy atom. The van der Waals surface area contributed by atoms with Gasteiger partial charge in [-0.1, -0.05) is 5.16 Å². The molecule has 2 aliphatic heterocycles. The van der Waals surface area contributed by atoms with E-state index in [9.17, 15) is 0 Å². The quantitative estimate of drug-likeness (QED) is 0.856. The number of thiophene rings is 1. The molecule has 0 amide bonds. The average Bonchev–Trinajstić information content (AvgIpc) is 3.30. The number of rotatable bonds is 4. The van der Waals surface area contributed by atoms with Gasteiger partial charge in [-0.25, -0.2) is 0 Å². The molecule has 0 aliphatic carbocycles. The Morgan fingerprint density at radius 2 is 2.13 bits per heavy atom. The molecule has 0 bridgehead atoms. The zero-order valence-corrected chi connectivity index (χ0v) is 14.3. The summed E-state index contributed by atoms with van der Waals surface area (Å²) in [5.74, 6) is 2.19. The van der Waals surface area contributed by atoms with Gasteiger partial charge in [0.25, 0.3) is 5.89 Å². The summed E-state index contributed by atoms with van der Waals surface area (Å²) >= 11 is 1.72. The molecule has 0 saturated carbocycles. The molecule has 5 nitrogen and oxygen atoms in total. The van der Waals surface area contributed by atoms with Crippen LogP contribution in [-0.2, 0) is 11.2 Å². The van der Waals surface area contributed by atoms with E-state index < -0.39 is 0 Å². The molecule has 0 aromatic carbocycles. The van der Waals surface area contributed by atoms with Crippen LogP contribution in [0.5, 0.6) is 0 Å². The van der Waals surface area contributed by atoms with Gasteiger partial charge in [0, 0.05) is 17.9 Å². The molecule has 0 unspecified atom stereocenters. The second kappa shape index (κ2) is 6.71. The summed E-state index contributed by atoms with van der Waals surface area (Å²) in [4.78, 5) is 9.32. The van der Waals surface area contributed by atoms with Gasteiger partial charge >= 0.3 is 0 Å². The first-order valence-corrected chi connectivity index (χ1v) is 9.32. The summed E-state index contributed by atoms with van der Waals surface area (Å²) in [6.45, 7) is 3.22. The molecule has 1 atom stereocenters. The van der Waals surface area contributed by atoms with Crippen LogP contribution in [0.25, 0.3) is 10.8 Å². The molecule has 0 spiro atoms. The van der Waals surface area contributed by atoms with Crippen molar-refractivity contribution in [1.82, 2.24) is 15.0 Å². The SMILES string of the molecule is CN1CCC(Cc2noc(-c3ccc([C@H]4CCCO4)s3)n2)CC1. The molecule has 2 aromatic heterocycles. The van der Waals surface area contributed by atoms with Gasteiger partial charge in [-0.3, -0.25) is 0 Å². The first kappa shape index (κ1) is 15.3. The third-order valence-corrected chi connectivity index (χ3v) is 6.03. The smallest absolute Gasteiger partial charge is 0.267 e. The maximum atomic E-state index is 5.74. The van der Waals surface area contributed by atoms with Crippen molar-refractivity contribution >= 4 is 11.3 Å². The Balaban J connectivity index is 1.41. The van der Waals surface area contributed by atoms with Crippen molar-refractivity contribution < 1.29 is 9.26 Å². The minimum Gasteiger partial charge on any atom is -0.373 e. The Kier molecular flexibility index (Phi) is 4.46. The summed E-state index contributed by atoms with van der Waals surface area (Å²) in [5.41, 5.74) is 0. The number of likely N-dealkylation sites (tertiary alicyclic amines) is 1. The maximum Gasteiger partial charge on any atom is 0.267 e. The van der Waals surface area contributed by atoms with Crippen molar-refractivity contribution in [2.45, 2.75) is 38.2 Å². The largest absolute Gasteiger partial charge is 0.373 e. The van der Waals surface area contributed by atoms with E-state index in [1.54, 1.807) is 11.3 Å². The van der Waals surface area contributed by atoms with Crippen molar-refractivity contribution in [3.63, 3.8) is 0 Å². The van der Waals surface area contributed by atoms with E-state index in [-0.39, 0.29) is 6.10 Å². The summed E-state index contributed by atoms with van der Waals surface area (Å²) in [6, 6.07) is 4.21. The predicted molar refractivity (Wildman–Crippen MR) is 89.5 cm³/mol. The lowest BCUT2D eigenvalue weighted by Crippen LogP contribution is -2.31. The molecule has 2 aromatic rings. The number of nitrogens with zero attached hydrogens (tertiary/aromatic N) is 3. The van der Waals surface area contributed by atoms with Crippen LogP contribution in [0.2, 0.25) is 0 Å². The maximum absolute atomic E-state index is 5.74. The first-order valence-electron chi connectivity index (χ1n) is 8.51. The molecule has 2 aliphatic rings. The Hall–Kier alpha value is -1.24. The normalized spacial score (nSPS) is 23.6. The van der Waals surface area contributed by atoms with Gasteiger partial charge in [0.15, 0.2) is 5.82 Å². The highest BCUT2D eigenvalue weighted by atomic mass is 32.1. The van der Waals surface area contributed by atoms with Crippen molar-refractivity contribution in [1.29, 1.82) is 0 Å². The van der Waals surface area contributed by atoms with Gasteiger partial charge in [0.2, 0.25) is 0 Å². The molecule has 6 heteroatoms. The lowest BCUT2D eigenvalue weighted by molar-refractivity contribution is 0.114. The van der Waals surface area contributed by atoms with E-state index >= 15 is 0 Å². The predicted octanol–water partition coefficient (Wildman–Crippen LogP) is 3.53. The summed E-state index contributed by atoms with van der Waals surface area (Å²) in [5, 5.41) is 4.19. The second-order valence-electron chi connectivity index (χ2n) is 6.67. The second-order valence-corrected chi connectivity index (χ2v) is 7.79. The highest BCUT2D eigenvalue weighted by Gasteiger charge is 2.22. The first-order chi connectivity index (χ1) is 11.3. The highest BCUT2D eigenvalue weighted by molar-refractivity contribution is 7.15. The van der Waals surface area contributed by atoms with Crippen LogP contribution >= 0.6 is 11.3 Å². The van der Waals surface area contributed by atoms with Gasteiger partial charge in [-0.2, -0.15) is 4.98 Å². The monoisotopic (exact) mass is 333 g/mol. The third-order valence-electron chi connectivity index (χ3n) is 4.86. The third kappa shape index (κ3) is 3.49. The van der Waals surface area contributed by atoms with Gasteiger partial charge in [0.1, 0.15) is 0 Å². The van der Waals surface area contributed by atoms with E-state index in [4.69, 9.17) is 9.26 Å². The summed E-state index contributed by atoms with van der Waals surface area (Å²) in [6.07, 6.45) is 5.91. The molecule has 2 saturated heterocycles. The summed E-state index contributed by atoms with van der Waals surface area (Å²) < 4.78 is 11.2. The van der Waals surface area contributed by atoms with E-state index in [1.165, 1.54) is 30.8 Å². The Bertz CT molecular complexity index is 640.